The van der Waals surface area contributed by atoms with Crippen LogP contribution in [0.25, 0.3) is 0 Å². The number of amides is 1. The molecule has 1 heterocycles. The molecule has 2 N–H and O–H groups in total. The number of hydrogen-bond donors (Lipinski definition) is 2. The lowest BCUT2D eigenvalue weighted by Crippen LogP contribution is -2.28. The van der Waals surface area contributed by atoms with Gasteiger partial charge in [-0.15, -0.1) is 0 Å². The van der Waals surface area contributed by atoms with Crippen molar-refractivity contribution in [2.45, 2.75) is 24.2 Å². The zero-order valence-corrected chi connectivity index (χ0v) is 12.6. The molecular formula is C14H20N2O4S. The van der Waals surface area contributed by atoms with E-state index in [0.717, 1.165) is 12.8 Å². The summed E-state index contributed by atoms with van der Waals surface area (Å²) in [6.07, 6.45) is 2.28. The standard InChI is InChI=1S/C14H20N2O4S/c17-11-3-8-15-14(18)12-4-6-13(7-5-12)21(19,20)16-9-1-2-10-16/h4-7,17H,1-3,8-11H2,(H,15,18). The second-order valence-corrected chi connectivity index (χ2v) is 6.91. The number of benzene rings is 1. The third kappa shape index (κ3) is 3.81. The van der Waals surface area contributed by atoms with Gasteiger partial charge < -0.3 is 10.4 Å². The maximum Gasteiger partial charge on any atom is 0.251 e. The lowest BCUT2D eigenvalue weighted by Gasteiger charge is -2.15. The molecule has 1 aromatic rings. The summed E-state index contributed by atoms with van der Waals surface area (Å²) in [5.74, 6) is -0.270. The first-order chi connectivity index (χ1) is 10.1. The van der Waals surface area contributed by atoms with Gasteiger partial charge in [0.2, 0.25) is 10.0 Å². The summed E-state index contributed by atoms with van der Waals surface area (Å²) in [7, 11) is -3.43. The minimum Gasteiger partial charge on any atom is -0.396 e. The minimum absolute atomic E-state index is 0.0211. The zero-order valence-electron chi connectivity index (χ0n) is 11.8. The normalized spacial score (nSPS) is 16.0. The van der Waals surface area contributed by atoms with Crippen LogP contribution >= 0.6 is 0 Å². The van der Waals surface area contributed by atoms with Crippen molar-refractivity contribution in [1.29, 1.82) is 0 Å². The molecule has 1 saturated heterocycles. The Balaban J connectivity index is 2.06. The van der Waals surface area contributed by atoms with Crippen molar-refractivity contribution < 1.29 is 18.3 Å². The third-order valence-corrected chi connectivity index (χ3v) is 5.35. The second-order valence-electron chi connectivity index (χ2n) is 4.97. The number of rotatable bonds is 6. The van der Waals surface area contributed by atoms with Gasteiger partial charge in [-0.1, -0.05) is 0 Å². The van der Waals surface area contributed by atoms with Crippen molar-refractivity contribution in [2.24, 2.45) is 0 Å². The molecule has 2 rings (SSSR count). The van der Waals surface area contributed by atoms with Gasteiger partial charge in [0.05, 0.1) is 4.90 Å². The topological polar surface area (TPSA) is 86.7 Å². The van der Waals surface area contributed by atoms with E-state index < -0.39 is 10.0 Å². The van der Waals surface area contributed by atoms with Crippen LogP contribution in [-0.2, 0) is 10.0 Å². The number of hydrogen-bond acceptors (Lipinski definition) is 4. The van der Waals surface area contributed by atoms with Crippen LogP contribution in [0.5, 0.6) is 0 Å². The van der Waals surface area contributed by atoms with Crippen molar-refractivity contribution in [3.05, 3.63) is 29.8 Å². The van der Waals surface area contributed by atoms with Crippen LogP contribution in [-0.4, -0.2) is 50.0 Å². The molecule has 7 heteroatoms. The van der Waals surface area contributed by atoms with Gasteiger partial charge in [0.1, 0.15) is 0 Å². The molecule has 1 aromatic carbocycles. The van der Waals surface area contributed by atoms with Gasteiger partial charge in [-0.05, 0) is 43.5 Å². The summed E-state index contributed by atoms with van der Waals surface area (Å²) in [5, 5.41) is 11.3. The highest BCUT2D eigenvalue weighted by Gasteiger charge is 2.27. The third-order valence-electron chi connectivity index (χ3n) is 3.44. The summed E-state index contributed by atoms with van der Waals surface area (Å²) in [4.78, 5) is 12.0. The number of nitrogens with zero attached hydrogens (tertiary/aromatic N) is 1. The van der Waals surface area contributed by atoms with E-state index in [1.807, 2.05) is 0 Å². The van der Waals surface area contributed by atoms with Crippen molar-refractivity contribution in [3.63, 3.8) is 0 Å². The molecule has 0 spiro atoms. The van der Waals surface area contributed by atoms with Crippen LogP contribution in [0.3, 0.4) is 0 Å². The SMILES string of the molecule is O=C(NCCCO)c1ccc(S(=O)(=O)N2CCCC2)cc1. The Morgan fingerprint density at radius 3 is 2.38 bits per heavy atom. The predicted molar refractivity (Wildman–Crippen MR) is 78.5 cm³/mol. The van der Waals surface area contributed by atoms with Crippen molar-refractivity contribution in [1.82, 2.24) is 9.62 Å². The van der Waals surface area contributed by atoms with Crippen LogP contribution in [0.2, 0.25) is 0 Å². The Kier molecular flexibility index (Phi) is 5.33. The number of nitrogens with one attached hydrogen (secondary N) is 1. The molecule has 1 fully saturated rings. The van der Waals surface area contributed by atoms with Crippen molar-refractivity contribution in [2.75, 3.05) is 26.2 Å². The molecule has 1 amide bonds. The van der Waals surface area contributed by atoms with E-state index in [2.05, 4.69) is 5.32 Å². The van der Waals surface area contributed by atoms with Crippen LogP contribution < -0.4 is 5.32 Å². The number of aliphatic hydroxyl groups is 1. The first-order valence-electron chi connectivity index (χ1n) is 7.05. The Labute approximate surface area is 124 Å². The first kappa shape index (κ1) is 15.9. The molecule has 0 aromatic heterocycles. The van der Waals surface area contributed by atoms with Crippen molar-refractivity contribution in [3.8, 4) is 0 Å². The van der Waals surface area contributed by atoms with E-state index >= 15 is 0 Å². The van der Waals surface area contributed by atoms with Gasteiger partial charge in [-0.25, -0.2) is 8.42 Å². The van der Waals surface area contributed by atoms with Gasteiger partial charge in [-0.3, -0.25) is 4.79 Å². The number of sulfonamides is 1. The van der Waals surface area contributed by atoms with Gasteiger partial charge in [0.25, 0.3) is 5.91 Å². The molecule has 0 saturated carbocycles. The summed E-state index contributed by atoms with van der Waals surface area (Å²) in [6.45, 7) is 1.54. The second kappa shape index (κ2) is 7.02. The first-order valence-corrected chi connectivity index (χ1v) is 8.49. The monoisotopic (exact) mass is 312 g/mol. The highest BCUT2D eigenvalue weighted by Crippen LogP contribution is 2.21. The summed E-state index contributed by atoms with van der Waals surface area (Å²) >= 11 is 0. The molecule has 0 unspecified atom stereocenters. The van der Waals surface area contributed by atoms with Gasteiger partial charge in [0, 0.05) is 31.8 Å². The highest BCUT2D eigenvalue weighted by atomic mass is 32.2. The van der Waals surface area contributed by atoms with Crippen LogP contribution in [0.15, 0.2) is 29.2 Å². The van der Waals surface area contributed by atoms with Gasteiger partial charge >= 0.3 is 0 Å². The largest absolute Gasteiger partial charge is 0.396 e. The highest BCUT2D eigenvalue weighted by molar-refractivity contribution is 7.89. The molecule has 6 nitrogen and oxygen atoms in total. The molecule has 0 bridgehead atoms. The Hall–Kier alpha value is -1.44. The van der Waals surface area contributed by atoms with Gasteiger partial charge in [-0.2, -0.15) is 4.31 Å². The fourth-order valence-corrected chi connectivity index (χ4v) is 3.76. The smallest absolute Gasteiger partial charge is 0.251 e. The summed E-state index contributed by atoms with van der Waals surface area (Å²) in [5.41, 5.74) is 0.410. The molecule has 0 atom stereocenters. The Morgan fingerprint density at radius 2 is 1.81 bits per heavy atom. The zero-order chi connectivity index (χ0) is 15.3. The predicted octanol–water partition coefficient (Wildman–Crippen LogP) is 0.583. The average Bonchev–Trinajstić information content (AvgIpc) is 3.02. The molecule has 1 aliphatic rings. The van der Waals surface area contributed by atoms with E-state index in [1.54, 1.807) is 0 Å². The molecule has 0 radical (unpaired) electrons. The maximum atomic E-state index is 12.3. The number of aliphatic hydroxyl groups excluding tert-OH is 1. The Bertz CT molecular complexity index is 577. The fourth-order valence-electron chi connectivity index (χ4n) is 2.24. The van der Waals surface area contributed by atoms with Crippen LogP contribution in [0.1, 0.15) is 29.6 Å². The number of carbonyl (C=O) groups is 1. The average molecular weight is 312 g/mol. The van der Waals surface area contributed by atoms with E-state index in [9.17, 15) is 13.2 Å². The van der Waals surface area contributed by atoms with E-state index in [0.29, 0.717) is 31.6 Å². The molecular weight excluding hydrogens is 292 g/mol. The van der Waals surface area contributed by atoms with E-state index in [1.165, 1.54) is 28.6 Å². The fraction of sp³-hybridized carbons (Fsp3) is 0.500. The van der Waals surface area contributed by atoms with E-state index in [4.69, 9.17) is 5.11 Å². The molecule has 21 heavy (non-hydrogen) atoms. The quantitative estimate of drug-likeness (QED) is 0.753. The van der Waals surface area contributed by atoms with Crippen LogP contribution in [0, 0.1) is 0 Å². The molecule has 0 aliphatic carbocycles. The van der Waals surface area contributed by atoms with Gasteiger partial charge in [0.15, 0.2) is 0 Å². The summed E-state index contributed by atoms with van der Waals surface area (Å²) in [6, 6.07) is 5.96. The molecule has 1 aliphatic heterocycles. The number of carbonyl (C=O) groups excluding carboxylic acids is 1. The van der Waals surface area contributed by atoms with Crippen LogP contribution in [0.4, 0.5) is 0 Å². The summed E-state index contributed by atoms with van der Waals surface area (Å²) < 4.78 is 26.1. The van der Waals surface area contributed by atoms with Crippen molar-refractivity contribution >= 4 is 15.9 Å². The Morgan fingerprint density at radius 1 is 1.19 bits per heavy atom. The van der Waals surface area contributed by atoms with E-state index in [-0.39, 0.29) is 17.4 Å². The minimum atomic E-state index is -3.43. The lowest BCUT2D eigenvalue weighted by atomic mass is 10.2. The molecule has 116 valence electrons. The maximum absolute atomic E-state index is 12.3. The lowest BCUT2D eigenvalue weighted by molar-refractivity contribution is 0.0951.